The quantitative estimate of drug-likeness (QED) is 0.576. The van der Waals surface area contributed by atoms with Crippen molar-refractivity contribution in [3.8, 4) is 6.07 Å². The number of aryl methyl sites for hydroxylation is 2. The van der Waals surface area contributed by atoms with Crippen molar-refractivity contribution in [1.82, 2.24) is 4.90 Å². The molecule has 3 aliphatic rings. The van der Waals surface area contributed by atoms with Crippen molar-refractivity contribution in [1.29, 1.82) is 5.26 Å². The molecule has 2 N–H and O–H groups in total. The molecule has 0 saturated carbocycles. The van der Waals surface area contributed by atoms with E-state index in [1.807, 2.05) is 0 Å². The van der Waals surface area contributed by atoms with Crippen molar-refractivity contribution >= 4 is 11.9 Å². The molecule has 0 radical (unpaired) electrons. The van der Waals surface area contributed by atoms with Gasteiger partial charge < -0.3 is 14.9 Å². The van der Waals surface area contributed by atoms with E-state index in [4.69, 9.17) is 20.2 Å². The Morgan fingerprint density at radius 3 is 1.89 bits per heavy atom. The highest BCUT2D eigenvalue weighted by Crippen LogP contribution is 2.41. The minimum atomic E-state index is -1.26. The summed E-state index contributed by atoms with van der Waals surface area (Å²) < 4.78 is 6.91. The van der Waals surface area contributed by atoms with Crippen LogP contribution < -0.4 is 0 Å². The topological polar surface area (TPSA) is 111 Å². The van der Waals surface area contributed by atoms with Gasteiger partial charge in [-0.15, -0.1) is 0 Å². The van der Waals surface area contributed by atoms with E-state index in [0.29, 0.717) is 36.8 Å². The number of carboxylic acid groups (broad SMARTS) is 2. The number of piperidine rings is 1. The SMILES string of the molecule is N#CCCN1C2CCC1CC(OC1c3ccccc3CCc3ccccc31)C2.O=C(O)/C=C/C(=O)O. The van der Waals surface area contributed by atoms with Crippen molar-refractivity contribution in [2.75, 3.05) is 6.54 Å². The summed E-state index contributed by atoms with van der Waals surface area (Å²) in [6.45, 7) is 0.924. The number of rotatable bonds is 6. The third kappa shape index (κ3) is 6.20. The van der Waals surface area contributed by atoms with E-state index in [2.05, 4.69) is 59.5 Å². The van der Waals surface area contributed by atoms with Crippen molar-refractivity contribution < 1.29 is 24.5 Å². The second-order valence-corrected chi connectivity index (χ2v) is 9.55. The summed E-state index contributed by atoms with van der Waals surface area (Å²) >= 11 is 0. The molecule has 0 spiro atoms. The van der Waals surface area contributed by atoms with Crippen molar-refractivity contribution in [3.05, 3.63) is 82.9 Å². The van der Waals surface area contributed by atoms with Crippen LogP contribution in [0, 0.1) is 11.3 Å². The summed E-state index contributed by atoms with van der Waals surface area (Å²) in [7, 11) is 0. The van der Waals surface area contributed by atoms with Crippen LogP contribution in [0.2, 0.25) is 0 Å². The number of benzene rings is 2. The maximum Gasteiger partial charge on any atom is 0.328 e. The molecule has 2 atom stereocenters. The summed E-state index contributed by atoms with van der Waals surface area (Å²) in [5, 5.41) is 24.6. The smallest absolute Gasteiger partial charge is 0.328 e. The minimum absolute atomic E-state index is 0.0463. The lowest BCUT2D eigenvalue weighted by molar-refractivity contribution is -0.134. The van der Waals surface area contributed by atoms with Gasteiger partial charge in [-0.1, -0.05) is 48.5 Å². The number of hydrogen-bond donors (Lipinski definition) is 2. The molecule has 7 nitrogen and oxygen atoms in total. The molecule has 2 unspecified atom stereocenters. The third-order valence-corrected chi connectivity index (χ3v) is 7.36. The molecule has 2 bridgehead atoms. The number of hydrogen-bond acceptors (Lipinski definition) is 5. The predicted octanol–water partition coefficient (Wildman–Crippen LogP) is 4.51. The van der Waals surface area contributed by atoms with Crippen molar-refractivity contribution in [2.45, 2.75) is 69.2 Å². The number of nitriles is 1. The molecule has 1 aliphatic carbocycles. The van der Waals surface area contributed by atoms with Crippen LogP contribution in [0.3, 0.4) is 0 Å². The first kappa shape index (κ1) is 25.6. The highest BCUT2D eigenvalue weighted by molar-refractivity contribution is 5.89. The standard InChI is InChI=1S/C25H28N2O.C4H4O4/c26-14-5-15-27-20-12-13-21(27)17-22(16-20)28-25-23-8-3-1-6-18(23)10-11-19-7-2-4-9-24(19)25;5-3(6)1-2-4(7)8/h1-4,6-9,20-22,25H,5,10-13,15-17H2;1-2H,(H,5,6)(H,7,8)/b;2-1+. The predicted molar refractivity (Wildman–Crippen MR) is 134 cm³/mol. The fourth-order valence-corrected chi connectivity index (χ4v) is 5.83. The van der Waals surface area contributed by atoms with Gasteiger partial charge in [-0.2, -0.15) is 5.26 Å². The van der Waals surface area contributed by atoms with Crippen LogP contribution in [0.5, 0.6) is 0 Å². The third-order valence-electron chi connectivity index (χ3n) is 7.36. The Kier molecular flexibility index (Phi) is 8.52. The first-order chi connectivity index (χ1) is 17.5. The lowest BCUT2D eigenvalue weighted by atomic mass is 9.95. The number of aliphatic carboxylic acids is 2. The van der Waals surface area contributed by atoms with E-state index in [1.165, 1.54) is 35.1 Å². The Labute approximate surface area is 211 Å². The molecule has 2 saturated heterocycles. The van der Waals surface area contributed by atoms with Gasteiger partial charge in [0.2, 0.25) is 0 Å². The highest BCUT2D eigenvalue weighted by atomic mass is 16.5. The van der Waals surface area contributed by atoms with Crippen LogP contribution in [-0.2, 0) is 27.2 Å². The molecule has 36 heavy (non-hydrogen) atoms. The van der Waals surface area contributed by atoms with E-state index in [-0.39, 0.29) is 6.10 Å². The molecular weight excluding hydrogens is 456 g/mol. The Hall–Kier alpha value is -3.47. The summed E-state index contributed by atoms with van der Waals surface area (Å²) in [5.74, 6) is -2.51. The molecular formula is C29H32N2O5. The Morgan fingerprint density at radius 2 is 1.42 bits per heavy atom. The van der Waals surface area contributed by atoms with E-state index < -0.39 is 11.9 Å². The van der Waals surface area contributed by atoms with Gasteiger partial charge >= 0.3 is 11.9 Å². The van der Waals surface area contributed by atoms with Crippen LogP contribution in [-0.4, -0.2) is 51.8 Å². The maximum absolute atomic E-state index is 9.55. The Bertz CT molecular complexity index is 1080. The second-order valence-electron chi connectivity index (χ2n) is 9.55. The van der Waals surface area contributed by atoms with Gasteiger partial charge in [-0.3, -0.25) is 4.90 Å². The number of carbonyl (C=O) groups is 2. The molecule has 5 rings (SSSR count). The van der Waals surface area contributed by atoms with Gasteiger partial charge in [0.25, 0.3) is 0 Å². The Morgan fingerprint density at radius 1 is 0.917 bits per heavy atom. The van der Waals surface area contributed by atoms with Crippen LogP contribution in [0.15, 0.2) is 60.7 Å². The zero-order valence-corrected chi connectivity index (χ0v) is 20.3. The fourth-order valence-electron chi connectivity index (χ4n) is 5.83. The minimum Gasteiger partial charge on any atom is -0.478 e. The summed E-state index contributed by atoms with van der Waals surface area (Å²) in [6, 6.07) is 21.2. The average Bonchev–Trinajstić information content (AvgIpc) is 3.03. The van der Waals surface area contributed by atoms with E-state index in [1.54, 1.807) is 0 Å². The van der Waals surface area contributed by atoms with E-state index in [0.717, 1.165) is 32.2 Å². The summed E-state index contributed by atoms with van der Waals surface area (Å²) in [4.78, 5) is 21.7. The molecule has 7 heteroatoms. The molecule has 0 aromatic heterocycles. The van der Waals surface area contributed by atoms with Gasteiger partial charge in [0.1, 0.15) is 6.10 Å². The summed E-state index contributed by atoms with van der Waals surface area (Å²) in [6.07, 6.45) is 9.00. The molecule has 2 aromatic carbocycles. The van der Waals surface area contributed by atoms with E-state index in [9.17, 15) is 9.59 Å². The largest absolute Gasteiger partial charge is 0.478 e. The fraction of sp³-hybridized carbons (Fsp3) is 0.414. The average molecular weight is 489 g/mol. The zero-order valence-electron chi connectivity index (χ0n) is 20.3. The van der Waals surface area contributed by atoms with Gasteiger partial charge in [-0.05, 0) is 60.8 Å². The number of ether oxygens (including phenoxy) is 1. The molecule has 0 amide bonds. The molecule has 2 fully saturated rings. The number of fused-ring (bicyclic) bond motifs is 4. The van der Waals surface area contributed by atoms with Crippen molar-refractivity contribution in [3.63, 3.8) is 0 Å². The Balaban J connectivity index is 0.000000331. The first-order valence-corrected chi connectivity index (χ1v) is 12.5. The highest BCUT2D eigenvalue weighted by Gasteiger charge is 2.42. The van der Waals surface area contributed by atoms with Crippen molar-refractivity contribution in [2.24, 2.45) is 0 Å². The van der Waals surface area contributed by atoms with Crippen LogP contribution in [0.25, 0.3) is 0 Å². The molecule has 2 heterocycles. The normalized spacial score (nSPS) is 23.0. The first-order valence-electron chi connectivity index (χ1n) is 12.5. The van der Waals surface area contributed by atoms with Gasteiger partial charge in [0.15, 0.2) is 0 Å². The van der Waals surface area contributed by atoms with Crippen LogP contribution in [0.1, 0.15) is 60.5 Å². The number of nitrogens with zero attached hydrogens (tertiary/aromatic N) is 2. The number of carboxylic acids is 2. The molecule has 188 valence electrons. The van der Waals surface area contributed by atoms with Gasteiger partial charge in [0.05, 0.1) is 12.2 Å². The lowest BCUT2D eigenvalue weighted by Gasteiger charge is -2.40. The van der Waals surface area contributed by atoms with Crippen LogP contribution >= 0.6 is 0 Å². The van der Waals surface area contributed by atoms with Crippen LogP contribution in [0.4, 0.5) is 0 Å². The molecule has 2 aliphatic heterocycles. The lowest BCUT2D eigenvalue weighted by Crippen LogP contribution is -2.46. The van der Waals surface area contributed by atoms with Gasteiger partial charge in [-0.25, -0.2) is 9.59 Å². The van der Waals surface area contributed by atoms with E-state index >= 15 is 0 Å². The summed E-state index contributed by atoms with van der Waals surface area (Å²) in [5.41, 5.74) is 5.56. The maximum atomic E-state index is 9.55. The van der Waals surface area contributed by atoms with Gasteiger partial charge in [0, 0.05) is 37.2 Å². The monoisotopic (exact) mass is 488 g/mol. The molecule has 2 aromatic rings. The zero-order chi connectivity index (χ0) is 25.5. The second kappa shape index (κ2) is 12.0.